The summed E-state index contributed by atoms with van der Waals surface area (Å²) in [6, 6.07) is 37.1. The molecule has 0 radical (unpaired) electrons. The quantitative estimate of drug-likeness (QED) is 0.102. The molecule has 236 valence electrons. The minimum Gasteiger partial charge on any atom is -0.269 e. The van der Waals surface area contributed by atoms with E-state index >= 15 is 4.79 Å². The highest BCUT2D eigenvalue weighted by Crippen LogP contribution is 2.50. The molecule has 49 heavy (non-hydrogen) atoms. The normalized spacial score (nSPS) is 14.4. The molecule has 9 aromatic carbocycles. The van der Waals surface area contributed by atoms with Crippen molar-refractivity contribution in [2.24, 2.45) is 0 Å². The molecular weight excluding hydrogens is 599 g/mol. The molecule has 0 saturated carbocycles. The summed E-state index contributed by atoms with van der Waals surface area (Å²) in [4.78, 5) is 31.0. The highest BCUT2D eigenvalue weighted by molar-refractivity contribution is 6.40. The molecule has 0 aromatic heterocycles. The lowest BCUT2D eigenvalue weighted by Crippen LogP contribution is -2.51. The Bertz CT molecular complexity index is 2910. The van der Waals surface area contributed by atoms with Crippen LogP contribution in [-0.2, 0) is 5.41 Å². The minimum atomic E-state index is -0.707. The molecule has 0 fully saturated rings. The maximum absolute atomic E-state index is 15.1. The number of amides is 2. The zero-order valence-electron chi connectivity index (χ0n) is 28.6. The maximum atomic E-state index is 15.1. The third-order valence-electron chi connectivity index (χ3n) is 11.0. The van der Waals surface area contributed by atoms with E-state index in [-0.39, 0.29) is 17.2 Å². The molecule has 10 rings (SSSR count). The van der Waals surface area contributed by atoms with Crippen LogP contribution in [0.1, 0.15) is 67.8 Å². The number of hydrogen-bond acceptors (Lipinski definition) is 2. The lowest BCUT2D eigenvalue weighted by atomic mass is 9.76. The minimum absolute atomic E-state index is 0.167. The number of nitrogens with zero attached hydrogens (tertiary/aromatic N) is 1. The van der Waals surface area contributed by atoms with Gasteiger partial charge in [-0.15, -0.1) is 0 Å². The van der Waals surface area contributed by atoms with Gasteiger partial charge in [-0.2, -0.15) is 0 Å². The van der Waals surface area contributed by atoms with Crippen LogP contribution in [0.25, 0.3) is 86.5 Å². The van der Waals surface area contributed by atoms with Gasteiger partial charge in [-0.05, 0) is 131 Å². The second-order valence-corrected chi connectivity index (χ2v) is 16.0. The van der Waals surface area contributed by atoms with Crippen LogP contribution >= 0.6 is 0 Å². The molecular formula is C46H35NO2. The zero-order valence-corrected chi connectivity index (χ0v) is 28.6. The van der Waals surface area contributed by atoms with E-state index in [4.69, 9.17) is 0 Å². The Labute approximate surface area is 284 Å². The first-order valence-electron chi connectivity index (χ1n) is 17.2. The Hall–Kier alpha value is -5.54. The Morgan fingerprint density at radius 1 is 0.429 bits per heavy atom. The summed E-state index contributed by atoms with van der Waals surface area (Å²) in [7, 11) is 0. The number of imide groups is 1. The summed E-state index contributed by atoms with van der Waals surface area (Å²) in [5, 5.41) is 15.8. The molecule has 0 N–H and O–H groups in total. The number of carbonyl (C=O) groups excluding carboxylic acids is 2. The van der Waals surface area contributed by atoms with E-state index in [1.165, 1.54) is 48.2 Å². The smallest absolute Gasteiger partial charge is 0.262 e. The van der Waals surface area contributed by atoms with Gasteiger partial charge < -0.3 is 0 Å². The fourth-order valence-corrected chi connectivity index (χ4v) is 9.01. The predicted molar refractivity (Wildman–Crippen MR) is 206 cm³/mol. The van der Waals surface area contributed by atoms with E-state index < -0.39 is 5.54 Å². The van der Waals surface area contributed by atoms with Crippen LogP contribution in [0.3, 0.4) is 0 Å². The number of carbonyl (C=O) groups is 2. The van der Waals surface area contributed by atoms with Crippen LogP contribution in [0, 0.1) is 0 Å². The van der Waals surface area contributed by atoms with Crippen molar-refractivity contribution in [1.29, 1.82) is 0 Å². The van der Waals surface area contributed by atoms with E-state index in [2.05, 4.69) is 118 Å². The zero-order chi connectivity index (χ0) is 33.7. The van der Waals surface area contributed by atoms with E-state index in [1.807, 2.05) is 26.8 Å². The van der Waals surface area contributed by atoms with Crippen molar-refractivity contribution >= 4 is 87.2 Å². The summed E-state index contributed by atoms with van der Waals surface area (Å²) in [5.41, 5.74) is 3.48. The molecule has 0 unspecified atom stereocenters. The molecule has 3 heteroatoms. The first-order chi connectivity index (χ1) is 23.4. The van der Waals surface area contributed by atoms with Gasteiger partial charge in [0.2, 0.25) is 0 Å². The second-order valence-electron chi connectivity index (χ2n) is 16.0. The van der Waals surface area contributed by atoms with Gasteiger partial charge in [0, 0.05) is 16.5 Å². The van der Waals surface area contributed by atoms with Gasteiger partial charge in [-0.25, -0.2) is 0 Å². The summed E-state index contributed by atoms with van der Waals surface area (Å²) < 4.78 is 0. The fourth-order valence-electron chi connectivity index (χ4n) is 9.01. The molecule has 3 nitrogen and oxygen atoms in total. The molecule has 1 heterocycles. The van der Waals surface area contributed by atoms with E-state index in [0.29, 0.717) is 11.1 Å². The van der Waals surface area contributed by atoms with Gasteiger partial charge in [-0.1, -0.05) is 106 Å². The van der Waals surface area contributed by atoms with Crippen LogP contribution in [0.2, 0.25) is 0 Å². The highest BCUT2D eigenvalue weighted by atomic mass is 16.2. The fraction of sp³-hybridized carbons (Fsp3) is 0.174. The van der Waals surface area contributed by atoms with Crippen molar-refractivity contribution in [2.45, 2.75) is 52.5 Å². The Kier molecular flexibility index (Phi) is 5.30. The Balaban J connectivity index is 1.48. The monoisotopic (exact) mass is 633 g/mol. The summed E-state index contributed by atoms with van der Waals surface area (Å²) >= 11 is 0. The van der Waals surface area contributed by atoms with Gasteiger partial charge in [-0.3, -0.25) is 14.5 Å². The van der Waals surface area contributed by atoms with Crippen molar-refractivity contribution in [1.82, 2.24) is 4.90 Å². The molecule has 2 amide bonds. The average Bonchev–Trinajstić information content (AvgIpc) is 3.07. The lowest BCUT2D eigenvalue weighted by molar-refractivity contribution is 0.0461. The van der Waals surface area contributed by atoms with Gasteiger partial charge >= 0.3 is 0 Å². The largest absolute Gasteiger partial charge is 0.269 e. The molecule has 0 aliphatic carbocycles. The summed E-state index contributed by atoms with van der Waals surface area (Å²) in [6.07, 6.45) is 0. The summed E-state index contributed by atoms with van der Waals surface area (Å²) in [6.45, 7) is 12.6. The molecule has 0 saturated heterocycles. The number of rotatable bonds is 1. The van der Waals surface area contributed by atoms with E-state index in [0.717, 1.165) is 48.8 Å². The maximum Gasteiger partial charge on any atom is 0.262 e. The van der Waals surface area contributed by atoms with Crippen LogP contribution in [-0.4, -0.2) is 22.3 Å². The summed E-state index contributed by atoms with van der Waals surface area (Å²) in [5.74, 6) is -0.466. The van der Waals surface area contributed by atoms with Gasteiger partial charge in [0.25, 0.3) is 11.8 Å². The number of hydrogen-bond donors (Lipinski definition) is 0. The highest BCUT2D eigenvalue weighted by Gasteiger charge is 2.42. The SMILES string of the molecule is CC(C)(C)c1cc(-c2cc3c4cccc5cccc(c6ccc7c(c2C(=O)N(C(C)(C)C)C7=O)c63)c54)c2ccc3cccc4ccc1c2c34. The predicted octanol–water partition coefficient (Wildman–Crippen LogP) is 12.0. The van der Waals surface area contributed by atoms with Gasteiger partial charge in [0.15, 0.2) is 0 Å². The van der Waals surface area contributed by atoms with Crippen LogP contribution < -0.4 is 0 Å². The molecule has 1 aliphatic heterocycles. The average molecular weight is 634 g/mol. The van der Waals surface area contributed by atoms with Crippen molar-refractivity contribution < 1.29 is 9.59 Å². The standard InChI is InChI=1S/C46H35NO2/c1-45(2,3)36-23-33(30-18-16-25-10-7-11-26-17-19-31(36)39(30)37(25)26)35-22-34-28-15-9-13-24-12-8-14-27(38(24)28)29-20-21-32-41(40(29)34)42(35)44(49)47(43(32)48)46(4,5)6/h7-23H,1-6H3. The lowest BCUT2D eigenvalue weighted by Gasteiger charge is -2.38. The first kappa shape index (κ1) is 28.5. The van der Waals surface area contributed by atoms with Crippen molar-refractivity contribution in [2.75, 3.05) is 0 Å². The topological polar surface area (TPSA) is 37.4 Å². The van der Waals surface area contributed by atoms with E-state index in [9.17, 15) is 4.79 Å². The second kappa shape index (κ2) is 9.12. The van der Waals surface area contributed by atoms with Crippen LogP contribution in [0.4, 0.5) is 0 Å². The first-order valence-corrected chi connectivity index (χ1v) is 17.2. The Morgan fingerprint density at radius 3 is 1.63 bits per heavy atom. The molecule has 1 aliphatic rings. The van der Waals surface area contributed by atoms with Crippen LogP contribution in [0.15, 0.2) is 103 Å². The van der Waals surface area contributed by atoms with Crippen LogP contribution in [0.5, 0.6) is 0 Å². The van der Waals surface area contributed by atoms with Crippen molar-refractivity contribution in [3.63, 3.8) is 0 Å². The van der Waals surface area contributed by atoms with Crippen molar-refractivity contribution in [3.05, 3.63) is 120 Å². The molecule has 0 atom stereocenters. The van der Waals surface area contributed by atoms with Crippen molar-refractivity contribution in [3.8, 4) is 11.1 Å². The van der Waals surface area contributed by atoms with E-state index in [1.54, 1.807) is 0 Å². The third-order valence-corrected chi connectivity index (χ3v) is 11.0. The molecule has 9 aromatic rings. The molecule has 0 bridgehead atoms. The Morgan fingerprint density at radius 2 is 0.980 bits per heavy atom. The third kappa shape index (κ3) is 3.57. The number of fused-ring (bicyclic) bond motifs is 2. The molecule has 0 spiro atoms. The number of benzene rings is 9. The van der Waals surface area contributed by atoms with Gasteiger partial charge in [0.1, 0.15) is 0 Å². The van der Waals surface area contributed by atoms with Gasteiger partial charge in [0.05, 0.1) is 5.56 Å².